The molecule has 0 amide bonds. The summed E-state index contributed by atoms with van der Waals surface area (Å²) in [5.74, 6) is -0.279. The topological polar surface area (TPSA) is 12.0 Å². The summed E-state index contributed by atoms with van der Waals surface area (Å²) in [5.41, 5.74) is 2.51. The highest BCUT2D eigenvalue weighted by Crippen LogP contribution is 2.35. The van der Waals surface area contributed by atoms with Gasteiger partial charge in [0.15, 0.2) is 0 Å². The van der Waals surface area contributed by atoms with E-state index in [2.05, 4.69) is 18.3 Å². The number of nitrogens with one attached hydrogen (secondary N) is 1. The van der Waals surface area contributed by atoms with Crippen LogP contribution in [0.3, 0.4) is 0 Å². The Hall–Kier alpha value is -0.900. The van der Waals surface area contributed by atoms with Crippen LogP contribution in [0.25, 0.3) is 0 Å². The molecule has 1 nitrogen and oxygen atoms in total. The quantitative estimate of drug-likeness (QED) is 0.823. The summed E-state index contributed by atoms with van der Waals surface area (Å²) in [7, 11) is 0. The number of halogens is 2. The van der Waals surface area contributed by atoms with Gasteiger partial charge in [0, 0.05) is 20.8 Å². The molecular weight excluding hydrogens is 305 g/mol. The van der Waals surface area contributed by atoms with Crippen molar-refractivity contribution in [3.8, 4) is 0 Å². The number of rotatable bonds is 5. The maximum Gasteiger partial charge on any atom is 0.124 e. The molecule has 0 fully saturated rings. The molecule has 1 atom stereocenters. The molecule has 0 saturated heterocycles. The Morgan fingerprint density at radius 3 is 2.90 bits per heavy atom. The fraction of sp³-hybridized carbons (Fsp3) is 0.412. The Balaban J connectivity index is 1.83. The lowest BCUT2D eigenvalue weighted by Gasteiger charge is -2.17. The van der Waals surface area contributed by atoms with E-state index in [1.807, 2.05) is 11.3 Å². The van der Waals surface area contributed by atoms with Gasteiger partial charge in [-0.2, -0.15) is 0 Å². The maximum atomic E-state index is 13.2. The summed E-state index contributed by atoms with van der Waals surface area (Å²) in [6.07, 6.45) is 4.52. The molecule has 1 aliphatic carbocycles. The maximum absolute atomic E-state index is 13.2. The zero-order valence-electron chi connectivity index (χ0n) is 12.1. The molecule has 1 aromatic heterocycles. The second-order valence-corrected chi connectivity index (χ2v) is 7.08. The van der Waals surface area contributed by atoms with Gasteiger partial charge in [-0.15, -0.1) is 11.3 Å². The summed E-state index contributed by atoms with van der Waals surface area (Å²) in [4.78, 5) is 2.92. The van der Waals surface area contributed by atoms with Gasteiger partial charge in [-0.3, -0.25) is 0 Å². The number of hydrogen-bond donors (Lipinski definition) is 1. The number of benzene rings is 1. The average molecular weight is 324 g/mol. The van der Waals surface area contributed by atoms with Crippen LogP contribution in [0, 0.1) is 5.82 Å². The van der Waals surface area contributed by atoms with Crippen LogP contribution in [0.5, 0.6) is 0 Å². The average Bonchev–Trinajstić information content (AvgIpc) is 3.02. The zero-order valence-corrected chi connectivity index (χ0v) is 13.7. The highest BCUT2D eigenvalue weighted by molar-refractivity contribution is 7.12. The summed E-state index contributed by atoms with van der Waals surface area (Å²) in [6, 6.07) is 7.28. The van der Waals surface area contributed by atoms with Gasteiger partial charge < -0.3 is 5.32 Å². The molecule has 0 aliphatic heterocycles. The van der Waals surface area contributed by atoms with Gasteiger partial charge in [-0.25, -0.2) is 4.39 Å². The predicted octanol–water partition coefficient (Wildman–Crippen LogP) is 4.92. The molecule has 0 saturated carbocycles. The van der Waals surface area contributed by atoms with Crippen LogP contribution in [0.4, 0.5) is 4.39 Å². The van der Waals surface area contributed by atoms with Gasteiger partial charge in [0.2, 0.25) is 0 Å². The van der Waals surface area contributed by atoms with Crippen LogP contribution >= 0.6 is 22.9 Å². The van der Waals surface area contributed by atoms with Crippen molar-refractivity contribution < 1.29 is 4.39 Å². The summed E-state index contributed by atoms with van der Waals surface area (Å²) in [5, 5.41) is 4.05. The standard InChI is InChI=1S/C17H19ClFNS/c1-2-20-15(8-11-6-7-13(19)10-14(11)18)17-9-12-4-3-5-16(12)21-17/h6-7,9-10,15,20H,2-5,8H2,1H3. The van der Waals surface area contributed by atoms with Crippen LogP contribution in [-0.4, -0.2) is 6.54 Å². The molecule has 0 spiro atoms. The summed E-state index contributed by atoms with van der Waals surface area (Å²) < 4.78 is 13.2. The molecule has 0 bridgehead atoms. The number of hydrogen-bond acceptors (Lipinski definition) is 2. The molecule has 2 aromatic rings. The Morgan fingerprint density at radius 2 is 2.19 bits per heavy atom. The SMILES string of the molecule is CCNC(Cc1ccc(F)cc1Cl)c1cc2c(s1)CCC2. The molecule has 1 unspecified atom stereocenters. The lowest BCUT2D eigenvalue weighted by atomic mass is 10.0. The third-order valence-corrected chi connectivity index (χ3v) is 5.70. The third kappa shape index (κ3) is 3.31. The van der Waals surface area contributed by atoms with Crippen LogP contribution < -0.4 is 5.32 Å². The van der Waals surface area contributed by atoms with Crippen molar-refractivity contribution in [3.63, 3.8) is 0 Å². The minimum absolute atomic E-state index is 0.258. The minimum atomic E-state index is -0.279. The lowest BCUT2D eigenvalue weighted by Crippen LogP contribution is -2.22. The van der Waals surface area contributed by atoms with E-state index in [4.69, 9.17) is 11.6 Å². The molecule has 1 N–H and O–H groups in total. The molecule has 112 valence electrons. The first-order chi connectivity index (χ1) is 10.2. The number of likely N-dealkylation sites (N-methyl/N-ethyl adjacent to an activating group) is 1. The smallest absolute Gasteiger partial charge is 0.124 e. The Morgan fingerprint density at radius 1 is 1.33 bits per heavy atom. The van der Waals surface area contributed by atoms with Crippen LogP contribution in [0.1, 0.15) is 40.3 Å². The first-order valence-corrected chi connectivity index (χ1v) is 8.65. The monoisotopic (exact) mass is 323 g/mol. The fourth-order valence-electron chi connectivity index (χ4n) is 2.95. The first-order valence-electron chi connectivity index (χ1n) is 7.46. The molecule has 1 aromatic carbocycles. The molecule has 1 heterocycles. The van der Waals surface area contributed by atoms with E-state index in [1.54, 1.807) is 6.07 Å². The van der Waals surface area contributed by atoms with Crippen LogP contribution in [0.15, 0.2) is 24.3 Å². The van der Waals surface area contributed by atoms with E-state index in [0.717, 1.165) is 18.5 Å². The van der Waals surface area contributed by atoms with Crippen LogP contribution in [-0.2, 0) is 19.3 Å². The van der Waals surface area contributed by atoms with Crippen molar-refractivity contribution in [2.75, 3.05) is 6.54 Å². The van der Waals surface area contributed by atoms with E-state index in [-0.39, 0.29) is 11.9 Å². The van der Waals surface area contributed by atoms with E-state index in [9.17, 15) is 4.39 Å². The van der Waals surface area contributed by atoms with Gasteiger partial charge in [0.25, 0.3) is 0 Å². The van der Waals surface area contributed by atoms with Gasteiger partial charge in [-0.1, -0.05) is 24.6 Å². The largest absolute Gasteiger partial charge is 0.309 e. The van der Waals surface area contributed by atoms with E-state index >= 15 is 0 Å². The van der Waals surface area contributed by atoms with Crippen molar-refractivity contribution in [3.05, 3.63) is 56.0 Å². The molecule has 4 heteroatoms. The Bertz CT molecular complexity index is 616. The highest BCUT2D eigenvalue weighted by atomic mass is 35.5. The summed E-state index contributed by atoms with van der Waals surface area (Å²) in [6.45, 7) is 3.02. The Kier molecular flexibility index (Phi) is 4.63. The summed E-state index contributed by atoms with van der Waals surface area (Å²) >= 11 is 8.09. The lowest BCUT2D eigenvalue weighted by molar-refractivity contribution is 0.556. The first kappa shape index (κ1) is 15.0. The second-order valence-electron chi connectivity index (χ2n) is 5.50. The van der Waals surface area contributed by atoms with Crippen molar-refractivity contribution in [2.24, 2.45) is 0 Å². The van der Waals surface area contributed by atoms with Crippen LogP contribution in [0.2, 0.25) is 5.02 Å². The van der Waals surface area contributed by atoms with Gasteiger partial charge in [0.05, 0.1) is 0 Å². The highest BCUT2D eigenvalue weighted by Gasteiger charge is 2.20. The molecule has 3 rings (SSSR count). The van der Waals surface area contributed by atoms with E-state index in [0.29, 0.717) is 5.02 Å². The number of aryl methyl sites for hydroxylation is 2. The number of fused-ring (bicyclic) bond motifs is 1. The minimum Gasteiger partial charge on any atom is -0.309 e. The number of thiophene rings is 1. The normalized spacial score (nSPS) is 15.2. The van der Waals surface area contributed by atoms with Gasteiger partial charge in [-0.05, 0) is 61.6 Å². The van der Waals surface area contributed by atoms with Crippen molar-refractivity contribution in [1.29, 1.82) is 0 Å². The fourth-order valence-corrected chi connectivity index (χ4v) is 4.53. The van der Waals surface area contributed by atoms with Gasteiger partial charge >= 0.3 is 0 Å². The molecule has 1 aliphatic rings. The molecular formula is C17H19ClFNS. The predicted molar refractivity (Wildman–Crippen MR) is 87.9 cm³/mol. The van der Waals surface area contributed by atoms with Crippen molar-refractivity contribution in [1.82, 2.24) is 5.32 Å². The third-order valence-electron chi connectivity index (χ3n) is 4.00. The Labute approximate surface area is 134 Å². The van der Waals surface area contributed by atoms with E-state index in [1.165, 1.54) is 46.7 Å². The zero-order chi connectivity index (χ0) is 14.8. The van der Waals surface area contributed by atoms with Crippen molar-refractivity contribution >= 4 is 22.9 Å². The van der Waals surface area contributed by atoms with E-state index < -0.39 is 0 Å². The molecule has 0 radical (unpaired) electrons. The van der Waals surface area contributed by atoms with Gasteiger partial charge in [0.1, 0.15) is 5.82 Å². The second kappa shape index (κ2) is 6.47. The molecule has 21 heavy (non-hydrogen) atoms. The van der Waals surface area contributed by atoms with Crippen molar-refractivity contribution in [2.45, 2.75) is 38.6 Å².